The predicted octanol–water partition coefficient (Wildman–Crippen LogP) is 2.27. The van der Waals surface area contributed by atoms with Crippen molar-refractivity contribution < 1.29 is 0 Å². The van der Waals surface area contributed by atoms with Crippen molar-refractivity contribution in [2.24, 2.45) is 0 Å². The fourth-order valence-corrected chi connectivity index (χ4v) is 2.25. The number of nitrogen functional groups attached to an aromatic ring is 1. The summed E-state index contributed by atoms with van der Waals surface area (Å²) in [5.41, 5.74) is 6.90. The number of anilines is 1. The molecule has 17 heavy (non-hydrogen) atoms. The lowest BCUT2D eigenvalue weighted by molar-refractivity contribution is 0.473. The van der Waals surface area contributed by atoms with Crippen molar-refractivity contribution in [2.75, 3.05) is 5.73 Å². The minimum absolute atomic E-state index is 0.365. The van der Waals surface area contributed by atoms with E-state index in [2.05, 4.69) is 25.3 Å². The van der Waals surface area contributed by atoms with E-state index in [-0.39, 0.29) is 0 Å². The summed E-state index contributed by atoms with van der Waals surface area (Å²) < 4.78 is 0. The molecule has 0 bridgehead atoms. The van der Waals surface area contributed by atoms with Gasteiger partial charge in [-0.3, -0.25) is 0 Å². The maximum absolute atomic E-state index is 5.56. The van der Waals surface area contributed by atoms with E-state index < -0.39 is 0 Å². The van der Waals surface area contributed by atoms with Gasteiger partial charge in [-0.25, -0.2) is 4.98 Å². The molecular weight excluding hydrogens is 216 g/mol. The van der Waals surface area contributed by atoms with Gasteiger partial charge < -0.3 is 26.0 Å². The van der Waals surface area contributed by atoms with Crippen LogP contribution in [0.1, 0.15) is 32.1 Å². The number of rotatable bonds is 2. The Kier molecular flexibility index (Phi) is 2.55. The third-order valence-electron chi connectivity index (χ3n) is 3.12. The third kappa shape index (κ3) is 2.15. The molecule has 1 aliphatic carbocycles. The van der Waals surface area contributed by atoms with Crippen LogP contribution in [0, 0.1) is 0 Å². The molecule has 0 unspecified atom stereocenters. The lowest BCUT2D eigenvalue weighted by atomic mass is 9.96. The maximum atomic E-state index is 5.56. The number of nitrogens with two attached hydrogens (primary N) is 1. The van der Waals surface area contributed by atoms with Gasteiger partial charge >= 0.3 is 0 Å². The molecule has 3 N–H and O–H groups in total. The van der Waals surface area contributed by atoms with Gasteiger partial charge in [-0.2, -0.15) is 0 Å². The molecular formula is C11H15N6-. The minimum atomic E-state index is 0.365. The fourth-order valence-electron chi connectivity index (χ4n) is 2.25. The van der Waals surface area contributed by atoms with Crippen LogP contribution in [0.15, 0.2) is 6.20 Å². The molecule has 0 radical (unpaired) electrons. The fraction of sp³-hybridized carbons (Fsp3) is 0.545. The molecule has 0 aromatic carbocycles. The van der Waals surface area contributed by atoms with Gasteiger partial charge in [0.25, 0.3) is 0 Å². The molecule has 2 aromatic rings. The summed E-state index contributed by atoms with van der Waals surface area (Å²) in [7, 11) is 0. The van der Waals surface area contributed by atoms with Crippen LogP contribution in [0.4, 0.5) is 11.9 Å². The number of H-pyrrole nitrogens is 1. The Hall–Kier alpha value is -1.85. The van der Waals surface area contributed by atoms with Crippen LogP contribution in [0.25, 0.3) is 16.5 Å². The smallest absolute Gasteiger partial charge is 0.198 e. The van der Waals surface area contributed by atoms with Crippen LogP contribution in [-0.2, 0) is 0 Å². The van der Waals surface area contributed by atoms with Gasteiger partial charge in [0.15, 0.2) is 5.95 Å². The van der Waals surface area contributed by atoms with Crippen molar-refractivity contribution >= 4 is 23.1 Å². The first-order valence-corrected chi connectivity index (χ1v) is 6.00. The molecule has 0 saturated heterocycles. The molecule has 3 rings (SSSR count). The molecule has 0 amide bonds. The van der Waals surface area contributed by atoms with Gasteiger partial charge in [0.05, 0.1) is 5.52 Å². The van der Waals surface area contributed by atoms with E-state index in [0.717, 1.165) is 18.4 Å². The SMILES string of the molecule is Nc1nc2nc([N-]C3CCCCC3)ncc2[nH]1. The van der Waals surface area contributed by atoms with Crippen molar-refractivity contribution in [3.05, 3.63) is 11.5 Å². The number of nitrogens with zero attached hydrogens (tertiary/aromatic N) is 4. The van der Waals surface area contributed by atoms with Crippen molar-refractivity contribution in [1.29, 1.82) is 0 Å². The highest BCUT2D eigenvalue weighted by Crippen LogP contribution is 2.28. The number of aromatic amines is 1. The van der Waals surface area contributed by atoms with E-state index >= 15 is 0 Å². The van der Waals surface area contributed by atoms with Gasteiger partial charge in [0.1, 0.15) is 5.65 Å². The summed E-state index contributed by atoms with van der Waals surface area (Å²) >= 11 is 0. The van der Waals surface area contributed by atoms with Crippen LogP contribution < -0.4 is 5.73 Å². The van der Waals surface area contributed by atoms with E-state index in [1.807, 2.05) is 0 Å². The molecule has 0 aliphatic heterocycles. The van der Waals surface area contributed by atoms with Crippen LogP contribution >= 0.6 is 0 Å². The highest BCUT2D eigenvalue weighted by molar-refractivity contribution is 5.73. The number of imidazole rings is 1. The van der Waals surface area contributed by atoms with Gasteiger partial charge in [-0.05, 0) is 25.1 Å². The average Bonchev–Trinajstić information content (AvgIpc) is 2.70. The van der Waals surface area contributed by atoms with Gasteiger partial charge in [0, 0.05) is 5.95 Å². The third-order valence-corrected chi connectivity index (χ3v) is 3.12. The second-order valence-electron chi connectivity index (χ2n) is 4.45. The standard InChI is InChI=1S/C11H15N6/c12-10-15-8-6-13-11(17-9(8)16-10)14-7-4-2-1-3-5-7/h6-7H,1-5H2,(H3-,12,13,14,15,16,17)/q-1. The Labute approximate surface area is 99.1 Å². The van der Waals surface area contributed by atoms with Crippen molar-refractivity contribution in [3.8, 4) is 0 Å². The molecule has 1 fully saturated rings. The highest BCUT2D eigenvalue weighted by Gasteiger charge is 2.10. The summed E-state index contributed by atoms with van der Waals surface area (Å²) in [5, 5.41) is 4.56. The number of nitrogens with one attached hydrogen (secondary N) is 1. The van der Waals surface area contributed by atoms with Crippen molar-refractivity contribution in [1.82, 2.24) is 19.9 Å². The summed E-state index contributed by atoms with van der Waals surface area (Å²) in [6.07, 6.45) is 7.81. The lowest BCUT2D eigenvalue weighted by Gasteiger charge is -2.26. The van der Waals surface area contributed by atoms with E-state index in [1.54, 1.807) is 6.20 Å². The second kappa shape index (κ2) is 4.20. The summed E-state index contributed by atoms with van der Waals surface area (Å²) in [5.74, 6) is 0.889. The van der Waals surface area contributed by atoms with E-state index in [0.29, 0.717) is 23.6 Å². The second-order valence-corrected chi connectivity index (χ2v) is 4.45. The first kappa shape index (κ1) is 10.3. The Morgan fingerprint density at radius 1 is 1.24 bits per heavy atom. The normalized spacial score (nSPS) is 17.4. The lowest BCUT2D eigenvalue weighted by Crippen LogP contribution is -2.10. The zero-order chi connectivity index (χ0) is 11.7. The molecule has 6 nitrogen and oxygen atoms in total. The number of aromatic nitrogens is 4. The molecule has 90 valence electrons. The highest BCUT2D eigenvalue weighted by atomic mass is 15.2. The zero-order valence-electron chi connectivity index (χ0n) is 9.56. The van der Waals surface area contributed by atoms with E-state index in [9.17, 15) is 0 Å². The quantitative estimate of drug-likeness (QED) is 0.828. The Morgan fingerprint density at radius 2 is 2.06 bits per heavy atom. The number of hydrogen-bond acceptors (Lipinski definition) is 4. The van der Waals surface area contributed by atoms with Gasteiger partial charge in [-0.15, -0.1) is 0 Å². The topological polar surface area (TPSA) is 94.6 Å². The molecule has 6 heteroatoms. The number of fused-ring (bicyclic) bond motifs is 1. The molecule has 0 atom stereocenters. The monoisotopic (exact) mass is 231 g/mol. The molecule has 2 aromatic heterocycles. The average molecular weight is 231 g/mol. The van der Waals surface area contributed by atoms with Crippen LogP contribution in [0.2, 0.25) is 0 Å². The van der Waals surface area contributed by atoms with Crippen LogP contribution in [-0.4, -0.2) is 26.0 Å². The Bertz CT molecular complexity index is 514. The Balaban J connectivity index is 1.79. The maximum Gasteiger partial charge on any atom is 0.198 e. The first-order chi connectivity index (χ1) is 8.31. The van der Waals surface area contributed by atoms with E-state index in [4.69, 9.17) is 5.73 Å². The summed E-state index contributed by atoms with van der Waals surface area (Å²) in [6, 6.07) is 0.373. The van der Waals surface area contributed by atoms with Crippen molar-refractivity contribution in [3.63, 3.8) is 0 Å². The van der Waals surface area contributed by atoms with Crippen LogP contribution in [0.3, 0.4) is 0 Å². The predicted molar refractivity (Wildman–Crippen MR) is 66.0 cm³/mol. The Morgan fingerprint density at radius 3 is 2.88 bits per heavy atom. The molecule has 2 heterocycles. The zero-order valence-corrected chi connectivity index (χ0v) is 9.56. The summed E-state index contributed by atoms with van der Waals surface area (Å²) in [6.45, 7) is 0. The van der Waals surface area contributed by atoms with Crippen molar-refractivity contribution in [2.45, 2.75) is 38.1 Å². The van der Waals surface area contributed by atoms with Gasteiger partial charge in [0.2, 0.25) is 0 Å². The minimum Gasteiger partial charge on any atom is -0.390 e. The summed E-state index contributed by atoms with van der Waals surface area (Å²) in [4.78, 5) is 15.5. The molecule has 1 saturated carbocycles. The number of hydrogen-bond donors (Lipinski definition) is 2. The first-order valence-electron chi connectivity index (χ1n) is 6.00. The van der Waals surface area contributed by atoms with E-state index in [1.165, 1.54) is 19.3 Å². The van der Waals surface area contributed by atoms with Crippen LogP contribution in [0.5, 0.6) is 0 Å². The van der Waals surface area contributed by atoms with Gasteiger partial charge in [-0.1, -0.05) is 19.3 Å². The molecule has 1 aliphatic rings. The molecule has 0 spiro atoms. The largest absolute Gasteiger partial charge is 0.390 e.